The maximum atomic E-state index is 11.6. The SMILES string of the molecule is C=C(C)C(=O)Nc1ccc(B2OC(C)(C)C(C)(C)O2)c(Cl)c1. The smallest absolute Gasteiger partial charge is 0.399 e. The minimum absolute atomic E-state index is 0.237. The van der Waals surface area contributed by atoms with Crippen LogP contribution in [0.1, 0.15) is 34.6 Å². The minimum Gasteiger partial charge on any atom is -0.399 e. The number of hydrogen-bond donors (Lipinski definition) is 1. The molecule has 1 aromatic carbocycles. The van der Waals surface area contributed by atoms with Gasteiger partial charge in [0.1, 0.15) is 0 Å². The Bertz CT molecular complexity index is 612. The quantitative estimate of drug-likeness (QED) is 0.687. The van der Waals surface area contributed by atoms with Crippen LogP contribution in [0.4, 0.5) is 5.69 Å². The first-order valence-corrected chi connectivity index (χ1v) is 7.53. The molecule has 1 amide bonds. The van der Waals surface area contributed by atoms with E-state index < -0.39 is 18.3 Å². The lowest BCUT2D eigenvalue weighted by Gasteiger charge is -2.32. The fourth-order valence-corrected chi connectivity index (χ4v) is 2.27. The first-order chi connectivity index (χ1) is 10.0. The molecule has 1 aliphatic rings. The highest BCUT2D eigenvalue weighted by atomic mass is 35.5. The zero-order valence-corrected chi connectivity index (χ0v) is 14.4. The Labute approximate surface area is 137 Å². The Morgan fingerprint density at radius 3 is 2.23 bits per heavy atom. The van der Waals surface area contributed by atoms with Gasteiger partial charge in [-0.25, -0.2) is 0 Å². The highest BCUT2D eigenvalue weighted by molar-refractivity contribution is 6.65. The molecule has 2 rings (SSSR count). The van der Waals surface area contributed by atoms with Crippen LogP contribution < -0.4 is 10.8 Å². The van der Waals surface area contributed by atoms with Crippen molar-refractivity contribution in [3.63, 3.8) is 0 Å². The van der Waals surface area contributed by atoms with Crippen molar-refractivity contribution in [1.29, 1.82) is 0 Å². The van der Waals surface area contributed by atoms with Crippen molar-refractivity contribution < 1.29 is 14.1 Å². The molecule has 0 aromatic heterocycles. The number of carbonyl (C=O) groups excluding carboxylic acids is 1. The van der Waals surface area contributed by atoms with Gasteiger partial charge in [0.2, 0.25) is 0 Å². The molecule has 1 saturated heterocycles. The summed E-state index contributed by atoms with van der Waals surface area (Å²) in [6, 6.07) is 5.26. The molecule has 4 nitrogen and oxygen atoms in total. The molecule has 22 heavy (non-hydrogen) atoms. The molecule has 1 aliphatic heterocycles. The van der Waals surface area contributed by atoms with Crippen LogP contribution in [0.15, 0.2) is 30.4 Å². The second-order valence-corrected chi connectivity index (χ2v) is 6.97. The van der Waals surface area contributed by atoms with E-state index in [9.17, 15) is 4.79 Å². The molecule has 0 saturated carbocycles. The van der Waals surface area contributed by atoms with Crippen molar-refractivity contribution in [2.45, 2.75) is 45.8 Å². The van der Waals surface area contributed by atoms with Gasteiger partial charge in [-0.05, 0) is 46.8 Å². The van der Waals surface area contributed by atoms with E-state index in [0.717, 1.165) is 5.46 Å². The predicted octanol–water partition coefficient (Wildman–Crippen LogP) is 3.15. The number of anilines is 1. The number of rotatable bonds is 3. The van der Waals surface area contributed by atoms with E-state index in [-0.39, 0.29) is 5.91 Å². The van der Waals surface area contributed by atoms with Crippen molar-refractivity contribution >= 4 is 35.8 Å². The number of nitrogens with one attached hydrogen (secondary N) is 1. The fourth-order valence-electron chi connectivity index (χ4n) is 2.00. The first kappa shape index (κ1) is 17.1. The number of benzene rings is 1. The molecule has 0 spiro atoms. The van der Waals surface area contributed by atoms with Gasteiger partial charge in [0.15, 0.2) is 0 Å². The third-order valence-corrected chi connectivity index (χ3v) is 4.48. The molecule has 0 unspecified atom stereocenters. The number of amides is 1. The standard InChI is InChI=1S/C16H21BClNO3/c1-10(2)14(20)19-11-7-8-12(13(18)9-11)17-21-15(3,4)16(5,6)22-17/h7-9H,1H2,2-6H3,(H,19,20). The van der Waals surface area contributed by atoms with Crippen LogP contribution in [-0.2, 0) is 14.1 Å². The van der Waals surface area contributed by atoms with E-state index in [1.165, 1.54) is 0 Å². The molecule has 1 aromatic rings. The van der Waals surface area contributed by atoms with Crippen LogP contribution in [0.5, 0.6) is 0 Å². The lowest BCUT2D eigenvalue weighted by molar-refractivity contribution is -0.112. The maximum Gasteiger partial charge on any atom is 0.496 e. The molecular formula is C16H21BClNO3. The molecule has 6 heteroatoms. The Morgan fingerprint density at radius 1 is 1.23 bits per heavy atom. The van der Waals surface area contributed by atoms with Gasteiger partial charge in [-0.2, -0.15) is 0 Å². The fraction of sp³-hybridized carbons (Fsp3) is 0.438. The summed E-state index contributed by atoms with van der Waals surface area (Å²) in [5.74, 6) is -0.237. The first-order valence-electron chi connectivity index (χ1n) is 7.15. The number of carbonyl (C=O) groups is 1. The van der Waals surface area contributed by atoms with Crippen LogP contribution in [0.2, 0.25) is 5.02 Å². The molecule has 1 fully saturated rings. The Balaban J connectivity index is 2.21. The molecular weight excluding hydrogens is 300 g/mol. The highest BCUT2D eigenvalue weighted by Gasteiger charge is 2.52. The van der Waals surface area contributed by atoms with Crippen LogP contribution in [0, 0.1) is 0 Å². The van der Waals surface area contributed by atoms with Gasteiger partial charge in [0, 0.05) is 21.7 Å². The van der Waals surface area contributed by atoms with Crippen LogP contribution in [-0.4, -0.2) is 24.2 Å². The topological polar surface area (TPSA) is 47.6 Å². The summed E-state index contributed by atoms with van der Waals surface area (Å²) < 4.78 is 12.0. The molecule has 0 atom stereocenters. The van der Waals surface area contributed by atoms with Crippen molar-refractivity contribution in [2.24, 2.45) is 0 Å². The van der Waals surface area contributed by atoms with Gasteiger partial charge in [-0.15, -0.1) is 0 Å². The normalized spacial score (nSPS) is 19.1. The van der Waals surface area contributed by atoms with Crippen molar-refractivity contribution in [2.75, 3.05) is 5.32 Å². The average Bonchev–Trinajstić information content (AvgIpc) is 2.58. The summed E-state index contributed by atoms with van der Waals surface area (Å²) in [4.78, 5) is 11.6. The van der Waals surface area contributed by atoms with Gasteiger partial charge >= 0.3 is 7.12 Å². The Kier molecular flexibility index (Phi) is 4.44. The van der Waals surface area contributed by atoms with Gasteiger partial charge in [-0.3, -0.25) is 4.79 Å². The lowest BCUT2D eigenvalue weighted by atomic mass is 9.79. The maximum absolute atomic E-state index is 11.6. The molecule has 0 bridgehead atoms. The monoisotopic (exact) mass is 321 g/mol. The number of halogens is 1. The van der Waals surface area contributed by atoms with Crippen LogP contribution in [0.25, 0.3) is 0 Å². The zero-order valence-electron chi connectivity index (χ0n) is 13.6. The van der Waals surface area contributed by atoms with Gasteiger partial charge < -0.3 is 14.6 Å². The van der Waals surface area contributed by atoms with Crippen LogP contribution in [0.3, 0.4) is 0 Å². The zero-order chi connectivity index (χ0) is 16.7. The van der Waals surface area contributed by atoms with E-state index in [1.807, 2.05) is 27.7 Å². The molecule has 0 radical (unpaired) electrons. The summed E-state index contributed by atoms with van der Waals surface area (Å²) >= 11 is 6.32. The number of hydrogen-bond acceptors (Lipinski definition) is 3. The Morgan fingerprint density at radius 2 is 1.77 bits per heavy atom. The lowest BCUT2D eigenvalue weighted by Crippen LogP contribution is -2.41. The van der Waals surface area contributed by atoms with Gasteiger partial charge in [-0.1, -0.05) is 24.2 Å². The van der Waals surface area contributed by atoms with Gasteiger partial charge in [0.25, 0.3) is 5.91 Å². The van der Waals surface area contributed by atoms with E-state index in [1.54, 1.807) is 25.1 Å². The van der Waals surface area contributed by atoms with E-state index in [4.69, 9.17) is 20.9 Å². The molecule has 0 aliphatic carbocycles. The summed E-state index contributed by atoms with van der Waals surface area (Å²) in [5.41, 5.74) is 0.944. The highest BCUT2D eigenvalue weighted by Crippen LogP contribution is 2.37. The molecule has 1 heterocycles. The summed E-state index contributed by atoms with van der Waals surface area (Å²) in [6.07, 6.45) is 0. The predicted molar refractivity (Wildman–Crippen MR) is 90.6 cm³/mol. The van der Waals surface area contributed by atoms with Crippen LogP contribution >= 0.6 is 11.6 Å². The van der Waals surface area contributed by atoms with E-state index in [0.29, 0.717) is 16.3 Å². The second kappa shape index (κ2) is 5.72. The third kappa shape index (κ3) is 3.22. The van der Waals surface area contributed by atoms with Gasteiger partial charge in [0.05, 0.1) is 11.2 Å². The Hall–Kier alpha value is -1.30. The van der Waals surface area contributed by atoms with E-state index in [2.05, 4.69) is 11.9 Å². The van der Waals surface area contributed by atoms with Crippen molar-refractivity contribution in [3.8, 4) is 0 Å². The summed E-state index contributed by atoms with van der Waals surface area (Å²) in [5, 5.41) is 3.21. The van der Waals surface area contributed by atoms with Crippen molar-refractivity contribution in [3.05, 3.63) is 35.4 Å². The van der Waals surface area contributed by atoms with Crippen molar-refractivity contribution in [1.82, 2.24) is 0 Å². The van der Waals surface area contributed by atoms with E-state index >= 15 is 0 Å². The summed E-state index contributed by atoms with van der Waals surface area (Å²) in [6.45, 7) is 13.2. The summed E-state index contributed by atoms with van der Waals surface area (Å²) in [7, 11) is -0.525. The average molecular weight is 322 g/mol. The third-order valence-electron chi connectivity index (χ3n) is 4.15. The molecule has 1 N–H and O–H groups in total. The largest absolute Gasteiger partial charge is 0.496 e. The minimum atomic E-state index is -0.525. The second-order valence-electron chi connectivity index (χ2n) is 6.56. The molecule has 118 valence electrons.